The minimum Gasteiger partial charge on any atom is -0.353 e. The van der Waals surface area contributed by atoms with Crippen LogP contribution in [0.3, 0.4) is 0 Å². The fraction of sp³-hybridized carbons (Fsp3) is 0.692. The second-order valence-corrected chi connectivity index (χ2v) is 8.92. The molecular weight excluding hydrogens is 716 g/mol. The quantitative estimate of drug-likeness (QED) is 0.139. The Balaban J connectivity index is -0.00000102. The van der Waals surface area contributed by atoms with E-state index >= 15 is 0 Å². The van der Waals surface area contributed by atoms with Gasteiger partial charge in [-0.25, -0.2) is 0 Å². The molecule has 2 aromatic heterocycles. The van der Waals surface area contributed by atoms with Crippen LogP contribution in [0.4, 0.5) is 0 Å². The standard InChI is InChI=1S/C25H46N6.CH4.4BrH/c1-22(28-20-24-10-8-18-30(24)3)12-16-26-14-6-5-7-15-27-17-13-23(2)29-21-25-11-9-19-31(25)4;;;;;/h8-11,18-19,22-23,26-29H,5-7,12-17,20-21H2,1-4H3;1H4;4*1H. The molecule has 2 atom stereocenters. The Morgan fingerprint density at radius 1 is 0.639 bits per heavy atom. The lowest BCUT2D eigenvalue weighted by Gasteiger charge is -2.15. The molecule has 0 aliphatic heterocycles. The molecule has 0 aromatic carbocycles. The van der Waals surface area contributed by atoms with Crippen LogP contribution >= 0.6 is 67.9 Å². The van der Waals surface area contributed by atoms with Gasteiger partial charge in [0.25, 0.3) is 0 Å². The molecule has 2 aromatic rings. The van der Waals surface area contributed by atoms with Crippen LogP contribution in [0.2, 0.25) is 0 Å². The number of aromatic nitrogens is 2. The number of unbranched alkanes of at least 4 members (excludes halogenated alkanes) is 2. The highest BCUT2D eigenvalue weighted by Crippen LogP contribution is 2.01. The highest BCUT2D eigenvalue weighted by molar-refractivity contribution is 8.93. The van der Waals surface area contributed by atoms with E-state index in [0.29, 0.717) is 12.1 Å². The largest absolute Gasteiger partial charge is 0.353 e. The van der Waals surface area contributed by atoms with Crippen molar-refractivity contribution in [2.75, 3.05) is 26.2 Å². The molecule has 0 radical (unpaired) electrons. The molecule has 0 saturated carbocycles. The second-order valence-electron chi connectivity index (χ2n) is 8.92. The van der Waals surface area contributed by atoms with Gasteiger partial charge >= 0.3 is 0 Å². The van der Waals surface area contributed by atoms with Crippen LogP contribution in [0.5, 0.6) is 0 Å². The maximum Gasteiger partial charge on any atom is 0.0361 e. The lowest BCUT2D eigenvalue weighted by Crippen LogP contribution is -2.30. The molecule has 0 spiro atoms. The Morgan fingerprint density at radius 2 is 1.03 bits per heavy atom. The number of halogens is 4. The van der Waals surface area contributed by atoms with E-state index in [0.717, 1.165) is 39.3 Å². The maximum atomic E-state index is 3.61. The molecule has 0 saturated heterocycles. The lowest BCUT2D eigenvalue weighted by molar-refractivity contribution is 0.472. The van der Waals surface area contributed by atoms with E-state index in [4.69, 9.17) is 0 Å². The van der Waals surface area contributed by atoms with Crippen molar-refractivity contribution in [2.24, 2.45) is 14.1 Å². The van der Waals surface area contributed by atoms with E-state index in [1.165, 1.54) is 43.5 Å². The molecular formula is C26H54Br4N6. The first-order chi connectivity index (χ1) is 15.1. The third-order valence-electron chi connectivity index (χ3n) is 6.08. The molecule has 36 heavy (non-hydrogen) atoms. The van der Waals surface area contributed by atoms with Crippen molar-refractivity contribution in [3.63, 3.8) is 0 Å². The van der Waals surface area contributed by atoms with E-state index in [2.05, 4.69) is 95.0 Å². The predicted molar refractivity (Wildman–Crippen MR) is 180 cm³/mol. The molecule has 0 amide bonds. The van der Waals surface area contributed by atoms with Crippen LogP contribution in [-0.2, 0) is 27.2 Å². The number of hydrogen-bond acceptors (Lipinski definition) is 4. The summed E-state index contributed by atoms with van der Waals surface area (Å²) in [4.78, 5) is 0. The van der Waals surface area contributed by atoms with E-state index in [-0.39, 0.29) is 75.4 Å². The Morgan fingerprint density at radius 3 is 1.36 bits per heavy atom. The molecule has 0 aliphatic carbocycles. The summed E-state index contributed by atoms with van der Waals surface area (Å²) in [5.41, 5.74) is 2.68. The van der Waals surface area contributed by atoms with Crippen LogP contribution in [0.25, 0.3) is 0 Å². The van der Waals surface area contributed by atoms with Crippen molar-refractivity contribution in [1.82, 2.24) is 30.4 Å². The average Bonchev–Trinajstić information content (AvgIpc) is 3.36. The molecule has 2 unspecified atom stereocenters. The molecule has 6 nitrogen and oxygen atoms in total. The van der Waals surface area contributed by atoms with E-state index < -0.39 is 0 Å². The molecule has 216 valence electrons. The highest BCUT2D eigenvalue weighted by atomic mass is 79.9. The van der Waals surface area contributed by atoms with Gasteiger partial charge in [0.1, 0.15) is 0 Å². The molecule has 2 rings (SSSR count). The van der Waals surface area contributed by atoms with Gasteiger partial charge in [0, 0.05) is 63.1 Å². The summed E-state index contributed by atoms with van der Waals surface area (Å²) in [7, 11) is 4.20. The molecule has 0 bridgehead atoms. The zero-order valence-electron chi connectivity index (χ0n) is 21.9. The van der Waals surface area contributed by atoms with Crippen LogP contribution in [0.1, 0.15) is 64.8 Å². The highest BCUT2D eigenvalue weighted by Gasteiger charge is 2.04. The zero-order valence-corrected chi connectivity index (χ0v) is 28.8. The molecule has 0 fully saturated rings. The second kappa shape index (κ2) is 26.9. The van der Waals surface area contributed by atoms with E-state index in [1.807, 2.05) is 0 Å². The molecule has 0 aliphatic rings. The first-order valence-corrected chi connectivity index (χ1v) is 12.1. The van der Waals surface area contributed by atoms with Crippen molar-refractivity contribution in [3.8, 4) is 0 Å². The van der Waals surface area contributed by atoms with Crippen molar-refractivity contribution in [1.29, 1.82) is 0 Å². The number of rotatable bonds is 18. The Hall–Kier alpha value is 0.320. The van der Waals surface area contributed by atoms with Crippen molar-refractivity contribution >= 4 is 67.9 Å². The smallest absolute Gasteiger partial charge is 0.0361 e. The van der Waals surface area contributed by atoms with Crippen molar-refractivity contribution < 1.29 is 0 Å². The summed E-state index contributed by atoms with van der Waals surface area (Å²) in [5, 5.41) is 14.4. The minimum absolute atomic E-state index is 0. The van der Waals surface area contributed by atoms with Gasteiger partial charge in [-0.2, -0.15) is 0 Å². The minimum atomic E-state index is 0. The van der Waals surface area contributed by atoms with Crippen LogP contribution in [-0.4, -0.2) is 47.4 Å². The summed E-state index contributed by atoms with van der Waals surface area (Å²) in [6.07, 6.45) is 10.4. The van der Waals surface area contributed by atoms with Gasteiger partial charge in [-0.3, -0.25) is 0 Å². The summed E-state index contributed by atoms with van der Waals surface area (Å²) in [6, 6.07) is 9.63. The molecule has 4 N–H and O–H groups in total. The van der Waals surface area contributed by atoms with Gasteiger partial charge in [-0.05, 0) is 90.0 Å². The lowest BCUT2D eigenvalue weighted by atomic mass is 10.2. The van der Waals surface area contributed by atoms with Gasteiger partial charge < -0.3 is 30.4 Å². The Labute approximate surface area is 263 Å². The van der Waals surface area contributed by atoms with Crippen LogP contribution in [0.15, 0.2) is 36.7 Å². The van der Waals surface area contributed by atoms with Crippen molar-refractivity contribution in [2.45, 2.75) is 78.6 Å². The first-order valence-electron chi connectivity index (χ1n) is 12.1. The van der Waals surface area contributed by atoms with Gasteiger partial charge in [-0.15, -0.1) is 67.9 Å². The number of hydrogen-bond donors (Lipinski definition) is 4. The molecule has 2 heterocycles. The SMILES string of the molecule is Br.Br.Br.Br.C.CC(CCNCCCCCNCCC(C)NCc1cccn1C)NCc1cccn1C. The number of nitrogens with zero attached hydrogens (tertiary/aromatic N) is 2. The third kappa shape index (κ3) is 19.4. The third-order valence-corrected chi connectivity index (χ3v) is 6.08. The first kappa shape index (κ1) is 43.4. The van der Waals surface area contributed by atoms with E-state index in [9.17, 15) is 0 Å². The van der Waals surface area contributed by atoms with Crippen LogP contribution in [0, 0.1) is 0 Å². The fourth-order valence-electron chi connectivity index (χ4n) is 3.69. The van der Waals surface area contributed by atoms with Gasteiger partial charge in [-0.1, -0.05) is 13.8 Å². The number of nitrogens with one attached hydrogen (secondary N) is 4. The maximum absolute atomic E-state index is 3.61. The van der Waals surface area contributed by atoms with Gasteiger partial charge in [0.05, 0.1) is 0 Å². The monoisotopic (exact) mass is 766 g/mol. The summed E-state index contributed by atoms with van der Waals surface area (Å²) < 4.78 is 4.35. The summed E-state index contributed by atoms with van der Waals surface area (Å²) in [5.74, 6) is 0. The molecule has 10 heteroatoms. The van der Waals surface area contributed by atoms with E-state index in [1.54, 1.807) is 0 Å². The van der Waals surface area contributed by atoms with Gasteiger partial charge in [0.2, 0.25) is 0 Å². The van der Waals surface area contributed by atoms with Gasteiger partial charge in [0.15, 0.2) is 0 Å². The zero-order chi connectivity index (χ0) is 22.3. The topological polar surface area (TPSA) is 58.0 Å². The summed E-state index contributed by atoms with van der Waals surface area (Å²) >= 11 is 0. The average molecular weight is 770 g/mol. The number of aryl methyl sites for hydroxylation is 2. The van der Waals surface area contributed by atoms with Crippen molar-refractivity contribution in [3.05, 3.63) is 48.0 Å². The Kier molecular flexibility index (Phi) is 32.4. The fourth-order valence-corrected chi connectivity index (χ4v) is 3.69. The Bertz CT molecular complexity index is 652. The van der Waals surface area contributed by atoms with Crippen LogP contribution < -0.4 is 21.3 Å². The predicted octanol–water partition coefficient (Wildman–Crippen LogP) is 6.10. The summed E-state index contributed by atoms with van der Waals surface area (Å²) in [6.45, 7) is 10.9. The normalized spacial score (nSPS) is 11.7.